The number of carbonyl (C=O) groups is 1. The predicted molar refractivity (Wildman–Crippen MR) is 138 cm³/mol. The zero-order valence-electron chi connectivity index (χ0n) is 19.4. The van der Waals surface area contributed by atoms with Gasteiger partial charge < -0.3 is 9.32 Å². The predicted octanol–water partition coefficient (Wildman–Crippen LogP) is 5.25. The lowest BCUT2D eigenvalue weighted by atomic mass is 9.98. The highest BCUT2D eigenvalue weighted by atomic mass is 16.4. The number of hydrogen-bond donors (Lipinski definition) is 1. The summed E-state index contributed by atoms with van der Waals surface area (Å²) in [5.41, 5.74) is 3.93. The summed E-state index contributed by atoms with van der Waals surface area (Å²) < 4.78 is 6.13. The molecule has 1 fully saturated rings. The maximum absolute atomic E-state index is 13.0. The monoisotopic (exact) mass is 462 g/mol. The number of nitrogens with zero attached hydrogens (tertiary/aromatic N) is 3. The largest absolute Gasteiger partial charge is 0.438 e. The van der Waals surface area contributed by atoms with Crippen LogP contribution in [0.1, 0.15) is 5.56 Å². The van der Waals surface area contributed by atoms with Gasteiger partial charge in [0.1, 0.15) is 17.4 Å². The minimum Gasteiger partial charge on any atom is -0.438 e. The summed E-state index contributed by atoms with van der Waals surface area (Å²) in [7, 11) is 0. The minimum absolute atomic E-state index is 0.192. The van der Waals surface area contributed by atoms with E-state index >= 15 is 0 Å². The molecule has 0 spiro atoms. The van der Waals surface area contributed by atoms with E-state index in [1.165, 1.54) is 5.69 Å². The summed E-state index contributed by atoms with van der Waals surface area (Å²) >= 11 is 0. The Balaban J connectivity index is 1.33. The zero-order valence-corrected chi connectivity index (χ0v) is 19.4. The smallest absolute Gasteiger partial charge is 0.240 e. The van der Waals surface area contributed by atoms with Crippen molar-refractivity contribution in [2.45, 2.75) is 0 Å². The Morgan fingerprint density at radius 1 is 0.829 bits per heavy atom. The van der Waals surface area contributed by atoms with Gasteiger partial charge in [0.2, 0.25) is 11.8 Å². The van der Waals surface area contributed by atoms with Crippen LogP contribution < -0.4 is 10.2 Å². The van der Waals surface area contributed by atoms with Crippen molar-refractivity contribution in [3.63, 3.8) is 0 Å². The van der Waals surface area contributed by atoms with Gasteiger partial charge in [-0.2, -0.15) is 5.26 Å². The van der Waals surface area contributed by atoms with Crippen LogP contribution in [0.25, 0.3) is 22.5 Å². The molecular weight excluding hydrogens is 436 g/mol. The number of para-hydroxylation sites is 1. The van der Waals surface area contributed by atoms with E-state index in [0.717, 1.165) is 37.3 Å². The number of rotatable bonds is 6. The van der Waals surface area contributed by atoms with E-state index in [0.29, 0.717) is 16.9 Å². The van der Waals surface area contributed by atoms with Crippen LogP contribution in [0.15, 0.2) is 95.4 Å². The average Bonchev–Trinajstić information content (AvgIpc) is 3.28. The first-order valence-corrected chi connectivity index (χ1v) is 11.7. The highest BCUT2D eigenvalue weighted by molar-refractivity contribution is 5.96. The van der Waals surface area contributed by atoms with Crippen molar-refractivity contribution in [1.82, 2.24) is 4.90 Å². The molecule has 0 saturated carbocycles. The lowest BCUT2D eigenvalue weighted by Gasteiger charge is -2.35. The molecule has 3 aromatic carbocycles. The third kappa shape index (κ3) is 4.96. The van der Waals surface area contributed by atoms with E-state index in [9.17, 15) is 10.1 Å². The Morgan fingerprint density at radius 2 is 1.40 bits per heavy atom. The first-order chi connectivity index (χ1) is 17.2. The average molecular weight is 463 g/mol. The summed E-state index contributed by atoms with van der Waals surface area (Å²) in [6.07, 6.45) is 0. The van der Waals surface area contributed by atoms with E-state index < -0.39 is 0 Å². The van der Waals surface area contributed by atoms with Crippen molar-refractivity contribution in [2.75, 3.05) is 42.9 Å². The fraction of sp³-hybridized carbons (Fsp3) is 0.172. The van der Waals surface area contributed by atoms with Gasteiger partial charge in [-0.15, -0.1) is 0 Å². The van der Waals surface area contributed by atoms with Gasteiger partial charge in [0.25, 0.3) is 0 Å². The number of amides is 1. The molecule has 0 radical (unpaired) electrons. The van der Waals surface area contributed by atoms with Gasteiger partial charge in [-0.1, -0.05) is 78.9 Å². The number of benzene rings is 3. The first kappa shape index (κ1) is 22.5. The molecule has 6 heteroatoms. The molecule has 2 heterocycles. The van der Waals surface area contributed by atoms with Gasteiger partial charge in [0.15, 0.2) is 0 Å². The molecule has 5 rings (SSSR count). The molecule has 1 amide bonds. The van der Waals surface area contributed by atoms with Crippen LogP contribution in [0.3, 0.4) is 0 Å². The van der Waals surface area contributed by atoms with Gasteiger partial charge in [-0.05, 0) is 17.7 Å². The standard InChI is InChI=1S/C29H26N4O2/c30-20-25-27(22-10-4-1-5-11-22)28(23-12-6-2-7-13-23)35-29(25)31-26(34)21-32-16-18-33(19-17-32)24-14-8-3-9-15-24/h1-15H,16-19,21H2,(H,31,34). The maximum Gasteiger partial charge on any atom is 0.240 e. The molecular formula is C29H26N4O2. The van der Waals surface area contributed by atoms with Crippen LogP contribution in [-0.2, 0) is 4.79 Å². The molecule has 6 nitrogen and oxygen atoms in total. The van der Waals surface area contributed by atoms with Gasteiger partial charge in [0, 0.05) is 43.0 Å². The SMILES string of the molecule is N#Cc1c(NC(=O)CN2CCN(c3ccccc3)CC2)oc(-c2ccccc2)c1-c1ccccc1. The number of nitrogens with one attached hydrogen (secondary N) is 1. The first-order valence-electron chi connectivity index (χ1n) is 11.7. The van der Waals surface area contributed by atoms with Crippen LogP contribution in [-0.4, -0.2) is 43.5 Å². The second kappa shape index (κ2) is 10.3. The molecule has 35 heavy (non-hydrogen) atoms. The van der Waals surface area contributed by atoms with Crippen LogP contribution in [0, 0.1) is 11.3 Å². The highest BCUT2D eigenvalue weighted by Crippen LogP contribution is 2.41. The molecule has 1 aliphatic heterocycles. The second-order valence-electron chi connectivity index (χ2n) is 8.50. The Bertz CT molecular complexity index is 1320. The molecule has 0 unspecified atom stereocenters. The third-order valence-corrected chi connectivity index (χ3v) is 6.23. The highest BCUT2D eigenvalue weighted by Gasteiger charge is 2.25. The van der Waals surface area contributed by atoms with Crippen molar-refractivity contribution in [3.05, 3.63) is 96.6 Å². The molecule has 1 aliphatic rings. The summed E-state index contributed by atoms with van der Waals surface area (Å²) in [6.45, 7) is 3.54. The van der Waals surface area contributed by atoms with E-state index in [4.69, 9.17) is 4.42 Å². The van der Waals surface area contributed by atoms with Crippen molar-refractivity contribution < 1.29 is 9.21 Å². The lowest BCUT2D eigenvalue weighted by Crippen LogP contribution is -2.48. The number of furan rings is 1. The number of nitriles is 1. The Labute approximate surface area is 205 Å². The quantitative estimate of drug-likeness (QED) is 0.424. The molecule has 0 atom stereocenters. The Hall–Kier alpha value is -4.34. The summed E-state index contributed by atoms with van der Waals surface area (Å²) in [6, 6.07) is 31.9. The number of anilines is 2. The third-order valence-electron chi connectivity index (χ3n) is 6.23. The fourth-order valence-electron chi connectivity index (χ4n) is 4.47. The van der Waals surface area contributed by atoms with E-state index in [-0.39, 0.29) is 18.3 Å². The Morgan fingerprint density at radius 3 is 2.00 bits per heavy atom. The summed E-state index contributed by atoms with van der Waals surface area (Å²) in [5, 5.41) is 12.9. The van der Waals surface area contributed by atoms with Crippen LogP contribution in [0.5, 0.6) is 0 Å². The molecule has 1 N–H and O–H groups in total. The lowest BCUT2D eigenvalue weighted by molar-refractivity contribution is -0.117. The fourth-order valence-corrected chi connectivity index (χ4v) is 4.47. The van der Waals surface area contributed by atoms with Crippen LogP contribution in [0.2, 0.25) is 0 Å². The summed E-state index contributed by atoms with van der Waals surface area (Å²) in [4.78, 5) is 17.4. The van der Waals surface area contributed by atoms with Gasteiger partial charge in [-0.3, -0.25) is 15.0 Å². The molecule has 1 aromatic heterocycles. The molecule has 0 bridgehead atoms. The van der Waals surface area contributed by atoms with Crippen molar-refractivity contribution >= 4 is 17.5 Å². The molecule has 1 saturated heterocycles. The van der Waals surface area contributed by atoms with Gasteiger partial charge in [-0.25, -0.2) is 0 Å². The van der Waals surface area contributed by atoms with Crippen LogP contribution in [0.4, 0.5) is 11.6 Å². The van der Waals surface area contributed by atoms with E-state index in [1.54, 1.807) is 0 Å². The second-order valence-corrected chi connectivity index (χ2v) is 8.50. The molecule has 174 valence electrons. The normalized spacial score (nSPS) is 13.9. The number of hydrogen-bond acceptors (Lipinski definition) is 5. The number of piperazine rings is 1. The summed E-state index contributed by atoms with van der Waals surface area (Å²) in [5.74, 6) is 0.570. The molecule has 0 aliphatic carbocycles. The van der Waals surface area contributed by atoms with Gasteiger partial charge in [0.05, 0.1) is 6.54 Å². The van der Waals surface area contributed by atoms with E-state index in [1.807, 2.05) is 78.9 Å². The van der Waals surface area contributed by atoms with Crippen molar-refractivity contribution in [3.8, 4) is 28.5 Å². The molecule has 4 aromatic rings. The Kier molecular flexibility index (Phi) is 6.60. The zero-order chi connectivity index (χ0) is 24.0. The minimum atomic E-state index is -0.192. The van der Waals surface area contributed by atoms with Gasteiger partial charge >= 0.3 is 0 Å². The topological polar surface area (TPSA) is 72.5 Å². The van der Waals surface area contributed by atoms with Crippen molar-refractivity contribution in [1.29, 1.82) is 5.26 Å². The maximum atomic E-state index is 13.0. The van der Waals surface area contributed by atoms with Crippen LogP contribution >= 0.6 is 0 Å². The number of carbonyl (C=O) groups excluding carboxylic acids is 1. The van der Waals surface area contributed by atoms with E-state index in [2.05, 4.69) is 33.3 Å². The van der Waals surface area contributed by atoms with Crippen molar-refractivity contribution in [2.24, 2.45) is 0 Å².